The molecule has 0 radical (unpaired) electrons. The Bertz CT molecular complexity index is 1180. The number of Topliss-reactive ketones (excluding diaryl/α,β-unsaturated/α-hetero) is 1. The molecular formula is C28H31NO7. The molecule has 0 atom stereocenters. The molecule has 36 heavy (non-hydrogen) atoms. The molecule has 0 aliphatic carbocycles. The van der Waals surface area contributed by atoms with Crippen molar-refractivity contribution in [3.63, 3.8) is 0 Å². The van der Waals surface area contributed by atoms with Crippen LogP contribution >= 0.6 is 0 Å². The Hall–Kier alpha value is -3.81. The normalized spacial score (nSPS) is 13.0. The van der Waals surface area contributed by atoms with Crippen molar-refractivity contribution in [2.75, 3.05) is 18.1 Å². The van der Waals surface area contributed by atoms with E-state index < -0.39 is 35.5 Å². The van der Waals surface area contributed by atoms with Gasteiger partial charge in [-0.15, -0.1) is 0 Å². The number of nitrogens with zero attached hydrogens (tertiary/aromatic N) is 1. The smallest absolute Gasteiger partial charge is 0.328 e. The summed E-state index contributed by atoms with van der Waals surface area (Å²) in [6.07, 6.45) is 0. The minimum absolute atomic E-state index is 0.0149. The number of fused-ring (bicyclic) bond motifs is 1. The molecule has 2 aromatic carbocycles. The van der Waals surface area contributed by atoms with Gasteiger partial charge in [0.05, 0.1) is 30.0 Å². The summed E-state index contributed by atoms with van der Waals surface area (Å²) in [5, 5.41) is 0. The van der Waals surface area contributed by atoms with Gasteiger partial charge in [-0.25, -0.2) is 4.90 Å². The van der Waals surface area contributed by atoms with Crippen LogP contribution in [-0.2, 0) is 19.1 Å². The van der Waals surface area contributed by atoms with Gasteiger partial charge in [-0.05, 0) is 42.9 Å². The molecule has 0 saturated carbocycles. The molecule has 1 heterocycles. The Kier molecular flexibility index (Phi) is 8.07. The minimum atomic E-state index is -1.90. The van der Waals surface area contributed by atoms with Gasteiger partial charge >= 0.3 is 11.9 Å². The fourth-order valence-corrected chi connectivity index (χ4v) is 4.38. The zero-order valence-corrected chi connectivity index (χ0v) is 21.4. The molecule has 190 valence electrons. The third-order valence-corrected chi connectivity index (χ3v) is 6.05. The predicted molar refractivity (Wildman–Crippen MR) is 133 cm³/mol. The average Bonchev–Trinajstić information content (AvgIpc) is 3.08. The van der Waals surface area contributed by atoms with Crippen molar-refractivity contribution in [1.82, 2.24) is 0 Å². The predicted octanol–water partition coefficient (Wildman–Crippen LogP) is 4.66. The van der Waals surface area contributed by atoms with Gasteiger partial charge in [0, 0.05) is 5.56 Å². The van der Waals surface area contributed by atoms with Gasteiger partial charge < -0.3 is 9.47 Å². The molecular weight excluding hydrogens is 462 g/mol. The van der Waals surface area contributed by atoms with Crippen LogP contribution in [0.1, 0.15) is 95.6 Å². The third kappa shape index (κ3) is 4.67. The Morgan fingerprint density at radius 2 is 1.28 bits per heavy atom. The van der Waals surface area contributed by atoms with Crippen LogP contribution in [0.25, 0.3) is 0 Å². The van der Waals surface area contributed by atoms with Crippen LogP contribution in [-0.4, -0.2) is 42.7 Å². The average molecular weight is 494 g/mol. The van der Waals surface area contributed by atoms with Crippen LogP contribution < -0.4 is 4.90 Å². The summed E-state index contributed by atoms with van der Waals surface area (Å²) in [7, 11) is 0. The summed E-state index contributed by atoms with van der Waals surface area (Å²) in [6.45, 7) is 10.9. The highest BCUT2D eigenvalue weighted by Crippen LogP contribution is 2.40. The second kappa shape index (κ2) is 10.8. The molecule has 2 aromatic rings. The van der Waals surface area contributed by atoms with Gasteiger partial charge in [0.2, 0.25) is 5.92 Å². The Labute approximate surface area is 210 Å². The summed E-state index contributed by atoms with van der Waals surface area (Å²) in [6, 6.07) is 9.89. The van der Waals surface area contributed by atoms with Crippen LogP contribution in [0.15, 0.2) is 36.4 Å². The number of amides is 2. The summed E-state index contributed by atoms with van der Waals surface area (Å²) in [5.41, 5.74) is 1.83. The van der Waals surface area contributed by atoms with Gasteiger partial charge in [-0.2, -0.15) is 0 Å². The molecule has 0 unspecified atom stereocenters. The lowest BCUT2D eigenvalue weighted by Gasteiger charge is -2.25. The highest BCUT2D eigenvalue weighted by Gasteiger charge is 2.45. The van der Waals surface area contributed by atoms with Crippen molar-refractivity contribution in [3.8, 4) is 0 Å². The fraction of sp³-hybridized carbons (Fsp3) is 0.393. The molecule has 2 amide bonds. The number of ketones is 1. The van der Waals surface area contributed by atoms with Crippen LogP contribution in [0.4, 0.5) is 5.69 Å². The van der Waals surface area contributed by atoms with Crippen molar-refractivity contribution in [1.29, 1.82) is 0 Å². The number of anilines is 1. The summed E-state index contributed by atoms with van der Waals surface area (Å²) in [4.78, 5) is 67.1. The van der Waals surface area contributed by atoms with Crippen molar-refractivity contribution in [3.05, 3.63) is 64.2 Å². The highest BCUT2D eigenvalue weighted by atomic mass is 16.6. The molecule has 0 aromatic heterocycles. The molecule has 0 bridgehead atoms. The van der Waals surface area contributed by atoms with Crippen molar-refractivity contribution in [2.24, 2.45) is 5.92 Å². The third-order valence-electron chi connectivity index (χ3n) is 6.05. The molecule has 1 aliphatic heterocycles. The second-order valence-electron chi connectivity index (χ2n) is 9.07. The lowest BCUT2D eigenvalue weighted by Crippen LogP contribution is -2.36. The maximum Gasteiger partial charge on any atom is 0.328 e. The number of para-hydroxylation sites is 1. The molecule has 0 N–H and O–H groups in total. The number of imide groups is 1. The summed E-state index contributed by atoms with van der Waals surface area (Å²) < 4.78 is 9.87. The lowest BCUT2D eigenvalue weighted by atomic mass is 9.91. The highest BCUT2D eigenvalue weighted by molar-refractivity contribution is 6.38. The number of ether oxygens (including phenoxy) is 2. The quantitative estimate of drug-likeness (QED) is 0.216. The minimum Gasteiger partial charge on any atom is -0.465 e. The number of carbonyl (C=O) groups is 5. The summed E-state index contributed by atoms with van der Waals surface area (Å²) >= 11 is 0. The van der Waals surface area contributed by atoms with Gasteiger partial charge in [0.1, 0.15) is 0 Å². The zero-order chi connectivity index (χ0) is 26.7. The van der Waals surface area contributed by atoms with Crippen LogP contribution in [0, 0.1) is 5.92 Å². The van der Waals surface area contributed by atoms with Crippen LogP contribution in [0.3, 0.4) is 0 Å². The monoisotopic (exact) mass is 493 g/mol. The SMILES string of the molecule is CCOC(=O)C(C(=O)OCC)C(=O)c1cccc2c1C(=O)N(c1c(C(C)C)cccc1C(C)C)C2=O. The van der Waals surface area contributed by atoms with Gasteiger partial charge in [-0.3, -0.25) is 24.0 Å². The van der Waals surface area contributed by atoms with Gasteiger partial charge in [0.15, 0.2) is 5.78 Å². The first-order valence-corrected chi connectivity index (χ1v) is 12.1. The Balaban J connectivity index is 2.18. The topological polar surface area (TPSA) is 107 Å². The first-order chi connectivity index (χ1) is 17.1. The number of hydrogen-bond donors (Lipinski definition) is 0. The van der Waals surface area contributed by atoms with E-state index in [4.69, 9.17) is 9.47 Å². The van der Waals surface area contributed by atoms with E-state index in [1.54, 1.807) is 13.8 Å². The van der Waals surface area contributed by atoms with Gasteiger partial charge in [-0.1, -0.05) is 58.0 Å². The van der Waals surface area contributed by atoms with Gasteiger partial charge in [0.25, 0.3) is 11.8 Å². The van der Waals surface area contributed by atoms with Crippen LogP contribution in [0.5, 0.6) is 0 Å². The Morgan fingerprint density at radius 3 is 1.75 bits per heavy atom. The summed E-state index contributed by atoms with van der Waals surface area (Å²) in [5.74, 6) is -6.21. The number of esters is 2. The maximum atomic E-state index is 13.8. The first kappa shape index (κ1) is 26.8. The Morgan fingerprint density at radius 1 is 0.778 bits per heavy atom. The molecule has 3 rings (SSSR count). The fourth-order valence-electron chi connectivity index (χ4n) is 4.38. The number of rotatable bonds is 9. The van der Waals surface area contributed by atoms with E-state index >= 15 is 0 Å². The van der Waals surface area contributed by atoms with E-state index in [0.29, 0.717) is 5.69 Å². The second-order valence-corrected chi connectivity index (χ2v) is 9.07. The van der Waals surface area contributed by atoms with E-state index in [1.807, 2.05) is 45.9 Å². The molecule has 0 spiro atoms. The van der Waals surface area contributed by atoms with E-state index in [-0.39, 0.29) is 41.7 Å². The first-order valence-electron chi connectivity index (χ1n) is 12.1. The van der Waals surface area contributed by atoms with Crippen LogP contribution in [0.2, 0.25) is 0 Å². The van der Waals surface area contributed by atoms with E-state index in [2.05, 4.69) is 0 Å². The van der Waals surface area contributed by atoms with E-state index in [0.717, 1.165) is 16.0 Å². The van der Waals surface area contributed by atoms with Crippen molar-refractivity contribution in [2.45, 2.75) is 53.4 Å². The molecule has 8 nitrogen and oxygen atoms in total. The van der Waals surface area contributed by atoms with E-state index in [9.17, 15) is 24.0 Å². The number of benzene rings is 2. The molecule has 0 fully saturated rings. The van der Waals surface area contributed by atoms with Crippen molar-refractivity contribution >= 4 is 35.2 Å². The zero-order valence-electron chi connectivity index (χ0n) is 21.4. The van der Waals surface area contributed by atoms with E-state index in [1.165, 1.54) is 18.2 Å². The number of carbonyl (C=O) groups excluding carboxylic acids is 5. The van der Waals surface area contributed by atoms with Crippen molar-refractivity contribution < 1.29 is 33.4 Å². The largest absolute Gasteiger partial charge is 0.465 e. The molecule has 0 saturated heterocycles. The molecule has 8 heteroatoms. The lowest BCUT2D eigenvalue weighted by molar-refractivity contribution is -0.158. The maximum absolute atomic E-state index is 13.8. The number of hydrogen-bond acceptors (Lipinski definition) is 7. The molecule has 1 aliphatic rings. The standard InChI is InChI=1S/C28H31NO7/c1-7-35-27(33)22(28(34)36-8-2)24(30)19-13-10-14-20-21(19)26(32)29(25(20)31)23-17(15(3)4)11-9-12-18(23)16(5)6/h9-16,22H,7-8H2,1-6H3.